The molecule has 0 radical (unpaired) electrons. The maximum Gasteiger partial charge on any atom is 0.0553 e. The van der Waals surface area contributed by atoms with Gasteiger partial charge in [0.05, 0.1) is 11.0 Å². The Morgan fingerprint density at radius 2 is 1.18 bits per heavy atom. The van der Waals surface area contributed by atoms with Crippen molar-refractivity contribution in [2.45, 2.75) is 51.2 Å². The van der Waals surface area contributed by atoms with E-state index in [-0.39, 0.29) is 5.41 Å². The summed E-state index contributed by atoms with van der Waals surface area (Å²) >= 11 is 3.79. The van der Waals surface area contributed by atoms with E-state index in [1.54, 1.807) is 0 Å². The van der Waals surface area contributed by atoms with E-state index in [0.717, 1.165) is 23.5 Å². The zero-order chi connectivity index (χ0) is 40.7. The lowest BCUT2D eigenvalue weighted by atomic mass is 9.80. The summed E-state index contributed by atoms with van der Waals surface area (Å²) in [5.74, 6) is 0.361. The monoisotopic (exact) mass is 818 g/mol. The third-order valence-corrected chi connectivity index (χ3v) is 15.5. The van der Waals surface area contributed by atoms with Gasteiger partial charge in [-0.05, 0) is 118 Å². The van der Waals surface area contributed by atoms with Crippen LogP contribution < -0.4 is 4.90 Å². The molecule has 4 heteroatoms. The van der Waals surface area contributed by atoms with Crippen molar-refractivity contribution < 1.29 is 0 Å². The summed E-state index contributed by atoms with van der Waals surface area (Å²) in [5, 5.41) is 2.67. The molecule has 1 atom stereocenters. The molecule has 1 aromatic heterocycles. The van der Waals surface area contributed by atoms with Crippen molar-refractivity contribution in [1.29, 1.82) is 0 Å². The van der Waals surface area contributed by atoms with Crippen molar-refractivity contribution in [2.24, 2.45) is 0 Å². The van der Waals surface area contributed by atoms with Crippen molar-refractivity contribution in [3.05, 3.63) is 223 Å². The largest absolute Gasteiger partial charge is 0.311 e. The molecule has 2 aliphatic carbocycles. The second-order valence-electron chi connectivity index (χ2n) is 16.9. The molecule has 1 unspecified atom stereocenters. The highest BCUT2D eigenvalue weighted by Gasteiger charge is 2.38. The van der Waals surface area contributed by atoms with Crippen LogP contribution >= 0.6 is 23.5 Å². The molecule has 2 nitrogen and oxygen atoms in total. The number of allylic oxidation sites excluding steroid dienone is 3. The Hall–Kier alpha value is -6.46. The summed E-state index contributed by atoms with van der Waals surface area (Å²) in [7, 11) is 0. The second kappa shape index (κ2) is 14.3. The Morgan fingerprint density at radius 1 is 0.557 bits per heavy atom. The topological polar surface area (TPSA) is 8.17 Å². The van der Waals surface area contributed by atoms with E-state index in [1.807, 2.05) is 23.5 Å². The van der Waals surface area contributed by atoms with Crippen LogP contribution in [0.4, 0.5) is 11.4 Å². The molecule has 3 aliphatic rings. The quantitative estimate of drug-likeness (QED) is 0.165. The van der Waals surface area contributed by atoms with E-state index in [4.69, 9.17) is 0 Å². The van der Waals surface area contributed by atoms with Crippen molar-refractivity contribution in [3.8, 4) is 27.9 Å². The zero-order valence-electron chi connectivity index (χ0n) is 34.0. The molecule has 0 saturated carbocycles. The van der Waals surface area contributed by atoms with Crippen LogP contribution in [-0.4, -0.2) is 4.57 Å². The number of aromatic nitrogens is 1. The predicted octanol–water partition coefficient (Wildman–Crippen LogP) is 16.1. The Labute approximate surface area is 365 Å². The summed E-state index contributed by atoms with van der Waals surface area (Å²) in [4.78, 5) is 7.70. The van der Waals surface area contributed by atoms with Gasteiger partial charge < -0.3 is 9.47 Å². The lowest BCUT2D eigenvalue weighted by Gasteiger charge is -2.29. The van der Waals surface area contributed by atoms with Crippen molar-refractivity contribution in [3.63, 3.8) is 0 Å². The summed E-state index contributed by atoms with van der Waals surface area (Å²) in [6, 6.07) is 67.3. The first kappa shape index (κ1) is 36.4. The van der Waals surface area contributed by atoms with Crippen LogP contribution in [0.15, 0.2) is 225 Å². The highest BCUT2D eigenvalue weighted by Crippen LogP contribution is 2.55. The minimum Gasteiger partial charge on any atom is -0.311 e. The molecule has 0 saturated heterocycles. The van der Waals surface area contributed by atoms with Crippen LogP contribution in [-0.2, 0) is 5.41 Å². The number of rotatable bonds is 6. The highest BCUT2D eigenvalue weighted by atomic mass is 32.2. The summed E-state index contributed by atoms with van der Waals surface area (Å²) in [5.41, 5.74) is 16.3. The van der Waals surface area contributed by atoms with Crippen LogP contribution in [0.5, 0.6) is 0 Å². The van der Waals surface area contributed by atoms with Gasteiger partial charge in [0.15, 0.2) is 0 Å². The molecule has 1 aliphatic heterocycles. The van der Waals surface area contributed by atoms with Gasteiger partial charge >= 0.3 is 0 Å². The number of hydrogen-bond donors (Lipinski definition) is 0. The van der Waals surface area contributed by atoms with E-state index < -0.39 is 0 Å². The molecular formula is C57H42N2S2. The van der Waals surface area contributed by atoms with E-state index in [1.165, 1.54) is 86.0 Å². The molecule has 61 heavy (non-hydrogen) atoms. The summed E-state index contributed by atoms with van der Waals surface area (Å²) < 4.78 is 2.52. The Balaban J connectivity index is 1.00. The number of anilines is 2. The number of fused-ring (bicyclic) bond motifs is 9. The minimum absolute atomic E-state index is 0.143. The molecule has 12 rings (SSSR count). The molecule has 292 valence electrons. The molecule has 9 aromatic rings. The zero-order valence-corrected chi connectivity index (χ0v) is 35.7. The van der Waals surface area contributed by atoms with Gasteiger partial charge in [-0.25, -0.2) is 0 Å². The number of benzene rings is 8. The first-order valence-electron chi connectivity index (χ1n) is 21.2. The number of hydrogen-bond acceptors (Lipinski definition) is 3. The van der Waals surface area contributed by atoms with Crippen LogP contribution in [0.1, 0.15) is 42.9 Å². The van der Waals surface area contributed by atoms with Crippen LogP contribution in [0.2, 0.25) is 0 Å². The molecule has 0 fully saturated rings. The van der Waals surface area contributed by atoms with Gasteiger partial charge in [0.2, 0.25) is 0 Å². The molecule has 0 N–H and O–H groups in total. The molecule has 0 spiro atoms. The molecular weight excluding hydrogens is 777 g/mol. The van der Waals surface area contributed by atoms with Crippen molar-refractivity contribution >= 4 is 56.7 Å². The highest BCUT2D eigenvalue weighted by molar-refractivity contribution is 8.05. The normalized spacial score (nSPS) is 15.8. The lowest BCUT2D eigenvalue weighted by molar-refractivity contribution is 0.666. The van der Waals surface area contributed by atoms with Gasteiger partial charge in [-0.3, -0.25) is 0 Å². The van der Waals surface area contributed by atoms with Gasteiger partial charge in [-0.15, -0.1) is 0 Å². The molecule has 0 amide bonds. The van der Waals surface area contributed by atoms with Crippen LogP contribution in [0, 0.1) is 0 Å². The van der Waals surface area contributed by atoms with Gasteiger partial charge in [0.1, 0.15) is 0 Å². The fourth-order valence-electron chi connectivity index (χ4n) is 10.0. The Bertz CT molecular complexity index is 3230. The van der Waals surface area contributed by atoms with Crippen LogP contribution in [0.3, 0.4) is 0 Å². The van der Waals surface area contributed by atoms with Gasteiger partial charge in [-0.1, -0.05) is 165 Å². The Morgan fingerprint density at radius 3 is 1.89 bits per heavy atom. The van der Waals surface area contributed by atoms with E-state index in [0.29, 0.717) is 5.92 Å². The predicted molar refractivity (Wildman–Crippen MR) is 258 cm³/mol. The first-order chi connectivity index (χ1) is 30.0. The van der Waals surface area contributed by atoms with Crippen LogP contribution in [0.25, 0.3) is 49.7 Å². The van der Waals surface area contributed by atoms with E-state index in [9.17, 15) is 0 Å². The Kier molecular flexibility index (Phi) is 8.55. The standard InChI is InChI=1S/C57H42N2S2/c1-57(2)48-18-10-9-17-45(48)46-33-34-49-55(56(46)57)47-35-53-54(61-52-20-12-11-19-51(52)60-53)36-50(47)59(49)44-31-29-43(30-32-44)58(41-25-21-39(22-26-41)37-13-5-3-6-14-37)42-27-23-40(24-28-42)38-15-7-4-8-16-38/h3-23,25-36,40H,24H2,1-2H3. The average Bonchev–Trinajstić information content (AvgIpc) is 3.76. The van der Waals surface area contributed by atoms with Crippen molar-refractivity contribution in [1.82, 2.24) is 4.57 Å². The van der Waals surface area contributed by atoms with E-state index >= 15 is 0 Å². The van der Waals surface area contributed by atoms with Gasteiger partial charge in [-0.2, -0.15) is 0 Å². The fourth-order valence-corrected chi connectivity index (χ4v) is 12.3. The first-order valence-corrected chi connectivity index (χ1v) is 22.8. The minimum atomic E-state index is -0.143. The maximum atomic E-state index is 2.52. The molecule has 0 bridgehead atoms. The third-order valence-electron chi connectivity index (χ3n) is 13.0. The number of nitrogens with zero attached hydrogens (tertiary/aromatic N) is 2. The summed E-state index contributed by atoms with van der Waals surface area (Å²) in [6.07, 6.45) is 8.03. The van der Waals surface area contributed by atoms with Gasteiger partial charge in [0, 0.05) is 64.4 Å². The SMILES string of the molecule is CC1(C)c2ccccc2-c2ccc3c(c21)c1cc2c(cc1n3-c1ccc(N(C3=CCC(c4ccccc4)C=C3)c3ccc(-c4ccccc4)cc3)cc1)Sc1ccccc1S2. The average molecular weight is 819 g/mol. The van der Waals surface area contributed by atoms with Crippen molar-refractivity contribution in [2.75, 3.05) is 4.90 Å². The smallest absolute Gasteiger partial charge is 0.0553 e. The fraction of sp³-hybridized carbons (Fsp3) is 0.0877. The lowest BCUT2D eigenvalue weighted by Crippen LogP contribution is -2.17. The van der Waals surface area contributed by atoms with Gasteiger partial charge in [0.25, 0.3) is 0 Å². The maximum absolute atomic E-state index is 2.52. The molecule has 2 heterocycles. The molecule has 8 aromatic carbocycles. The van der Waals surface area contributed by atoms with E-state index in [2.05, 4.69) is 224 Å². The third kappa shape index (κ3) is 5.96. The summed E-state index contributed by atoms with van der Waals surface area (Å²) in [6.45, 7) is 4.82. The second-order valence-corrected chi connectivity index (χ2v) is 19.0.